The number of rotatable bonds is 8. The highest BCUT2D eigenvalue weighted by molar-refractivity contribution is 9.10. The van der Waals surface area contributed by atoms with Gasteiger partial charge in [0.25, 0.3) is 5.91 Å². The second-order valence-corrected chi connectivity index (χ2v) is 8.64. The Labute approximate surface area is 204 Å². The SMILES string of the molecule is COCCNC(=O)c1cn(Cc2ccc(Br)cc2)c2ccc(/C(C)=N/NC(N)=S)cc2c1=O. The molecule has 0 aliphatic carbocycles. The second-order valence-electron chi connectivity index (χ2n) is 7.28. The van der Waals surface area contributed by atoms with E-state index >= 15 is 0 Å². The van der Waals surface area contributed by atoms with Gasteiger partial charge in [-0.2, -0.15) is 5.10 Å². The van der Waals surface area contributed by atoms with Crippen LogP contribution in [0, 0.1) is 0 Å². The smallest absolute Gasteiger partial charge is 0.256 e. The quantitative estimate of drug-likeness (QED) is 0.179. The van der Waals surface area contributed by atoms with Gasteiger partial charge in [-0.05, 0) is 54.5 Å². The summed E-state index contributed by atoms with van der Waals surface area (Å²) >= 11 is 8.23. The van der Waals surface area contributed by atoms with Gasteiger partial charge in [-0.3, -0.25) is 15.0 Å². The summed E-state index contributed by atoms with van der Waals surface area (Å²) in [6.45, 7) is 2.91. The molecule has 3 rings (SSSR count). The van der Waals surface area contributed by atoms with E-state index in [2.05, 4.69) is 31.8 Å². The van der Waals surface area contributed by atoms with Crippen molar-refractivity contribution in [3.05, 3.63) is 80.0 Å². The van der Waals surface area contributed by atoms with E-state index in [1.54, 1.807) is 26.3 Å². The first-order chi connectivity index (χ1) is 15.8. The first-order valence-electron chi connectivity index (χ1n) is 10.1. The van der Waals surface area contributed by atoms with Gasteiger partial charge in [0.05, 0.1) is 17.8 Å². The molecule has 33 heavy (non-hydrogen) atoms. The Morgan fingerprint density at radius 2 is 1.97 bits per heavy atom. The third kappa shape index (κ3) is 6.25. The van der Waals surface area contributed by atoms with Crippen molar-refractivity contribution in [1.29, 1.82) is 0 Å². The molecule has 0 aliphatic heterocycles. The van der Waals surface area contributed by atoms with Crippen LogP contribution in [0.2, 0.25) is 0 Å². The molecule has 10 heteroatoms. The molecule has 8 nitrogen and oxygen atoms in total. The summed E-state index contributed by atoms with van der Waals surface area (Å²) in [5.41, 5.74) is 10.7. The van der Waals surface area contributed by atoms with Gasteiger partial charge >= 0.3 is 0 Å². The molecule has 1 heterocycles. The highest BCUT2D eigenvalue weighted by atomic mass is 79.9. The van der Waals surface area contributed by atoms with Crippen molar-refractivity contribution in [1.82, 2.24) is 15.3 Å². The number of hydrogen-bond acceptors (Lipinski definition) is 5. The fourth-order valence-corrected chi connectivity index (χ4v) is 3.58. The number of halogens is 1. The Balaban J connectivity index is 2.12. The van der Waals surface area contributed by atoms with Crippen molar-refractivity contribution in [3.63, 3.8) is 0 Å². The molecule has 4 N–H and O–H groups in total. The lowest BCUT2D eigenvalue weighted by atomic mass is 10.0. The molecule has 0 atom stereocenters. The molecular weight excluding hydrogens is 506 g/mol. The first kappa shape index (κ1) is 24.6. The minimum absolute atomic E-state index is 0.0435. The first-order valence-corrected chi connectivity index (χ1v) is 11.3. The molecule has 0 radical (unpaired) electrons. The number of carbonyl (C=O) groups is 1. The molecular formula is C23H24BrN5O3S. The molecule has 0 unspecified atom stereocenters. The molecule has 172 valence electrons. The Bertz CT molecular complexity index is 1270. The van der Waals surface area contributed by atoms with E-state index in [4.69, 9.17) is 22.7 Å². The number of aromatic nitrogens is 1. The van der Waals surface area contributed by atoms with Crippen molar-refractivity contribution in [2.45, 2.75) is 13.5 Å². The summed E-state index contributed by atoms with van der Waals surface area (Å²) in [5, 5.41) is 7.31. The number of methoxy groups -OCH3 is 1. The fourth-order valence-electron chi connectivity index (χ4n) is 3.27. The minimum Gasteiger partial charge on any atom is -0.383 e. The van der Waals surface area contributed by atoms with Crippen molar-refractivity contribution in [3.8, 4) is 0 Å². The number of fused-ring (bicyclic) bond motifs is 1. The fraction of sp³-hybridized carbons (Fsp3) is 0.217. The van der Waals surface area contributed by atoms with Gasteiger partial charge in [0.15, 0.2) is 5.11 Å². The van der Waals surface area contributed by atoms with Gasteiger partial charge in [-0.25, -0.2) is 0 Å². The van der Waals surface area contributed by atoms with E-state index in [9.17, 15) is 9.59 Å². The number of nitrogens with two attached hydrogens (primary N) is 1. The number of ether oxygens (including phenoxy) is 1. The van der Waals surface area contributed by atoms with Crippen molar-refractivity contribution in [2.24, 2.45) is 10.8 Å². The average Bonchev–Trinajstić information content (AvgIpc) is 2.80. The number of amides is 1. The van der Waals surface area contributed by atoms with Crippen LogP contribution in [0.5, 0.6) is 0 Å². The highest BCUT2D eigenvalue weighted by Gasteiger charge is 2.16. The van der Waals surface area contributed by atoms with Gasteiger partial charge in [0, 0.05) is 36.3 Å². The number of carbonyl (C=O) groups excluding carboxylic acids is 1. The van der Waals surface area contributed by atoms with Gasteiger partial charge in [0.1, 0.15) is 5.56 Å². The van der Waals surface area contributed by atoms with Gasteiger partial charge in [-0.1, -0.05) is 34.1 Å². The number of hydrogen-bond donors (Lipinski definition) is 3. The maximum absolute atomic E-state index is 13.3. The number of benzene rings is 2. The molecule has 1 amide bonds. The summed E-state index contributed by atoms with van der Waals surface area (Å²) in [4.78, 5) is 26.1. The molecule has 2 aromatic carbocycles. The van der Waals surface area contributed by atoms with Crippen molar-refractivity contribution >= 4 is 55.8 Å². The molecule has 0 bridgehead atoms. The van der Waals surface area contributed by atoms with E-state index in [0.29, 0.717) is 41.9 Å². The molecule has 3 aromatic rings. The standard InChI is InChI=1S/C23H24BrN5O3S/c1-14(27-28-23(25)33)16-5-8-20-18(11-16)21(30)19(22(31)26-9-10-32-2)13-29(20)12-15-3-6-17(24)7-4-15/h3-8,11,13H,9-10,12H2,1-2H3,(H,26,31)(H3,25,28,33)/b27-14+. The summed E-state index contributed by atoms with van der Waals surface area (Å²) in [6, 6.07) is 13.3. The van der Waals surface area contributed by atoms with Crippen LogP contribution >= 0.6 is 28.1 Å². The monoisotopic (exact) mass is 529 g/mol. The molecule has 0 spiro atoms. The number of pyridine rings is 1. The zero-order valence-corrected chi connectivity index (χ0v) is 20.6. The molecule has 0 saturated carbocycles. The van der Waals surface area contributed by atoms with Crippen molar-refractivity contribution < 1.29 is 9.53 Å². The highest BCUT2D eigenvalue weighted by Crippen LogP contribution is 2.18. The van der Waals surface area contributed by atoms with Gasteiger partial charge in [0.2, 0.25) is 5.43 Å². The van der Waals surface area contributed by atoms with Gasteiger partial charge in [-0.15, -0.1) is 0 Å². The maximum atomic E-state index is 13.3. The zero-order chi connectivity index (χ0) is 24.0. The number of thiocarbonyl (C=S) groups is 1. The van der Waals surface area contributed by atoms with Crippen LogP contribution in [0.25, 0.3) is 10.9 Å². The summed E-state index contributed by atoms with van der Waals surface area (Å²) < 4.78 is 7.85. The van der Waals surface area contributed by atoms with Crippen molar-refractivity contribution in [2.75, 3.05) is 20.3 Å². The van der Waals surface area contributed by atoms with Crippen LogP contribution in [0.3, 0.4) is 0 Å². The van der Waals surface area contributed by atoms with E-state index in [1.807, 2.05) is 41.0 Å². The lowest BCUT2D eigenvalue weighted by Crippen LogP contribution is -2.32. The Hall–Kier alpha value is -3.08. The average molecular weight is 530 g/mol. The lowest BCUT2D eigenvalue weighted by molar-refractivity contribution is 0.0935. The normalized spacial score (nSPS) is 11.4. The molecule has 0 fully saturated rings. The molecule has 0 aliphatic rings. The Morgan fingerprint density at radius 3 is 2.64 bits per heavy atom. The summed E-state index contributed by atoms with van der Waals surface area (Å²) in [5.74, 6) is -0.450. The Morgan fingerprint density at radius 1 is 1.24 bits per heavy atom. The third-order valence-corrected chi connectivity index (χ3v) is 5.55. The van der Waals surface area contributed by atoms with E-state index in [0.717, 1.165) is 10.0 Å². The van der Waals surface area contributed by atoms with Gasteiger partial charge < -0.3 is 20.4 Å². The summed E-state index contributed by atoms with van der Waals surface area (Å²) in [7, 11) is 1.55. The van der Waals surface area contributed by atoms with Crippen LogP contribution < -0.4 is 21.9 Å². The third-order valence-electron chi connectivity index (χ3n) is 4.93. The predicted octanol–water partition coefficient (Wildman–Crippen LogP) is 2.75. The Kier molecular flexibility index (Phi) is 8.32. The maximum Gasteiger partial charge on any atom is 0.256 e. The second kappa shape index (κ2) is 11.2. The van der Waals surface area contributed by atoms with Crippen LogP contribution in [-0.2, 0) is 11.3 Å². The predicted molar refractivity (Wildman–Crippen MR) is 138 cm³/mol. The number of hydrazone groups is 1. The minimum atomic E-state index is -0.450. The molecule has 1 aromatic heterocycles. The molecule has 0 saturated heterocycles. The van der Waals surface area contributed by atoms with E-state index in [1.165, 1.54) is 0 Å². The summed E-state index contributed by atoms with van der Waals surface area (Å²) in [6.07, 6.45) is 1.60. The zero-order valence-electron chi connectivity index (χ0n) is 18.2. The largest absolute Gasteiger partial charge is 0.383 e. The number of nitrogens with zero attached hydrogens (tertiary/aromatic N) is 2. The van der Waals surface area contributed by atoms with Crippen LogP contribution in [0.15, 0.2) is 63.0 Å². The van der Waals surface area contributed by atoms with Crippen LogP contribution in [-0.4, -0.2) is 41.6 Å². The van der Waals surface area contributed by atoms with E-state index < -0.39 is 5.91 Å². The number of nitrogens with one attached hydrogen (secondary N) is 2. The lowest BCUT2D eigenvalue weighted by Gasteiger charge is -2.15. The van der Waals surface area contributed by atoms with Crippen LogP contribution in [0.1, 0.15) is 28.4 Å². The van der Waals surface area contributed by atoms with Crippen LogP contribution in [0.4, 0.5) is 0 Å². The van der Waals surface area contributed by atoms with E-state index in [-0.39, 0.29) is 16.1 Å². The topological polar surface area (TPSA) is 111 Å².